The van der Waals surface area contributed by atoms with Gasteiger partial charge in [-0.2, -0.15) is 0 Å². The quantitative estimate of drug-likeness (QED) is 0.583. The lowest BCUT2D eigenvalue weighted by Crippen LogP contribution is -2.34. The van der Waals surface area contributed by atoms with E-state index in [1.165, 1.54) is 12.8 Å². The van der Waals surface area contributed by atoms with E-state index in [1.54, 1.807) is 0 Å². The number of unbranched alkanes of at least 4 members (excludes halogenated alkanes) is 3. The first-order valence-electron chi connectivity index (χ1n) is 7.97. The van der Waals surface area contributed by atoms with Crippen molar-refractivity contribution in [3.05, 3.63) is 35.9 Å². The molecule has 1 aromatic carbocycles. The van der Waals surface area contributed by atoms with Crippen LogP contribution in [0.15, 0.2) is 30.3 Å². The van der Waals surface area contributed by atoms with Gasteiger partial charge in [0, 0.05) is 12.0 Å². The van der Waals surface area contributed by atoms with E-state index >= 15 is 0 Å². The van der Waals surface area contributed by atoms with E-state index in [9.17, 15) is 4.79 Å². The van der Waals surface area contributed by atoms with Crippen LogP contribution >= 0.6 is 0 Å². The highest BCUT2D eigenvalue weighted by molar-refractivity contribution is 5.94. The van der Waals surface area contributed by atoms with Crippen molar-refractivity contribution >= 4 is 5.91 Å². The molecule has 0 aliphatic carbocycles. The summed E-state index contributed by atoms with van der Waals surface area (Å²) in [6, 6.07) is 9.27. The number of rotatable bonds is 7. The van der Waals surface area contributed by atoms with Crippen molar-refractivity contribution < 1.29 is 4.79 Å². The molecule has 0 aromatic heterocycles. The lowest BCUT2D eigenvalue weighted by atomic mass is 10.0. The molecular weight excluding hydrogens is 258 g/mol. The molecule has 2 nitrogen and oxygen atoms in total. The summed E-state index contributed by atoms with van der Waals surface area (Å²) in [6.07, 6.45) is 5.38. The second-order valence-corrected chi connectivity index (χ2v) is 5.80. The van der Waals surface area contributed by atoms with Gasteiger partial charge in [0.05, 0.1) is 6.04 Å². The van der Waals surface area contributed by atoms with Gasteiger partial charge in [-0.05, 0) is 30.9 Å². The number of amides is 1. The highest BCUT2D eigenvalue weighted by Crippen LogP contribution is 2.06. The summed E-state index contributed by atoms with van der Waals surface area (Å²) in [5.41, 5.74) is 0.694. The molecule has 0 heterocycles. The molecule has 0 fully saturated rings. The van der Waals surface area contributed by atoms with Crippen LogP contribution in [-0.2, 0) is 0 Å². The molecule has 2 heteroatoms. The predicted octanol–water partition coefficient (Wildman–Crippen LogP) is 4.41. The number of nitrogens with one attached hydrogen (secondary N) is 1. The van der Waals surface area contributed by atoms with Gasteiger partial charge < -0.3 is 5.32 Å². The fourth-order valence-corrected chi connectivity index (χ4v) is 2.12. The van der Waals surface area contributed by atoms with Crippen LogP contribution in [0, 0.1) is 17.8 Å². The van der Waals surface area contributed by atoms with Crippen molar-refractivity contribution in [3.63, 3.8) is 0 Å². The Hall–Kier alpha value is -1.75. The van der Waals surface area contributed by atoms with Crippen LogP contribution in [0.25, 0.3) is 0 Å². The van der Waals surface area contributed by atoms with Gasteiger partial charge in [-0.25, -0.2) is 0 Å². The standard InChI is InChI=1S/C19H27NO/c1-4-5-6-7-11-14-18(15-16(2)3)20-19(21)17-12-9-8-10-13-17/h8-10,12-13,16,18H,4-7,15H2,1-3H3,(H,20,21). The maximum Gasteiger partial charge on any atom is 0.252 e. The van der Waals surface area contributed by atoms with Crippen molar-refractivity contribution in [1.29, 1.82) is 0 Å². The summed E-state index contributed by atoms with van der Waals surface area (Å²) in [7, 11) is 0. The van der Waals surface area contributed by atoms with Gasteiger partial charge >= 0.3 is 0 Å². The van der Waals surface area contributed by atoms with Crippen LogP contribution in [-0.4, -0.2) is 11.9 Å². The van der Waals surface area contributed by atoms with Gasteiger partial charge in [0.25, 0.3) is 5.91 Å². The molecule has 114 valence electrons. The van der Waals surface area contributed by atoms with Crippen LogP contribution in [0.3, 0.4) is 0 Å². The molecule has 0 saturated carbocycles. The highest BCUT2D eigenvalue weighted by Gasteiger charge is 2.12. The number of carbonyl (C=O) groups excluding carboxylic acids is 1. The van der Waals surface area contributed by atoms with Gasteiger partial charge in [-0.3, -0.25) is 4.79 Å². The van der Waals surface area contributed by atoms with E-state index < -0.39 is 0 Å². The average Bonchev–Trinajstić information content (AvgIpc) is 2.47. The summed E-state index contributed by atoms with van der Waals surface area (Å²) in [6.45, 7) is 6.50. The van der Waals surface area contributed by atoms with Gasteiger partial charge in [0.1, 0.15) is 0 Å². The van der Waals surface area contributed by atoms with E-state index in [1.807, 2.05) is 30.3 Å². The van der Waals surface area contributed by atoms with Crippen molar-refractivity contribution in [1.82, 2.24) is 5.32 Å². The lowest BCUT2D eigenvalue weighted by Gasteiger charge is -2.15. The third kappa shape index (κ3) is 7.56. The molecule has 0 saturated heterocycles. The topological polar surface area (TPSA) is 29.1 Å². The first-order chi connectivity index (χ1) is 10.1. The van der Waals surface area contributed by atoms with E-state index in [2.05, 4.69) is 37.9 Å². The van der Waals surface area contributed by atoms with Crippen molar-refractivity contribution in [2.45, 2.75) is 58.9 Å². The minimum Gasteiger partial charge on any atom is -0.338 e. The first kappa shape index (κ1) is 17.3. The minimum atomic E-state index is -0.0562. The monoisotopic (exact) mass is 285 g/mol. The Morgan fingerprint density at radius 1 is 1.19 bits per heavy atom. The SMILES string of the molecule is CCCCCC#CC(CC(C)C)NC(=O)c1ccccc1. The Balaban J connectivity index is 2.59. The maximum absolute atomic E-state index is 12.2. The van der Waals surface area contributed by atoms with E-state index in [-0.39, 0.29) is 11.9 Å². The van der Waals surface area contributed by atoms with Crippen molar-refractivity contribution in [2.75, 3.05) is 0 Å². The maximum atomic E-state index is 12.2. The van der Waals surface area contributed by atoms with Crippen molar-refractivity contribution in [3.8, 4) is 11.8 Å². The molecule has 21 heavy (non-hydrogen) atoms. The predicted molar refractivity (Wildman–Crippen MR) is 89.1 cm³/mol. The zero-order chi connectivity index (χ0) is 15.5. The molecule has 0 aliphatic heterocycles. The molecule has 1 amide bonds. The van der Waals surface area contributed by atoms with E-state index in [4.69, 9.17) is 0 Å². The number of hydrogen-bond donors (Lipinski definition) is 1. The number of carbonyl (C=O) groups is 1. The molecule has 1 rings (SSSR count). The van der Waals surface area contributed by atoms with E-state index in [0.29, 0.717) is 11.5 Å². The van der Waals surface area contributed by atoms with Gasteiger partial charge in [-0.1, -0.05) is 57.7 Å². The molecule has 1 unspecified atom stereocenters. The zero-order valence-electron chi connectivity index (χ0n) is 13.5. The Bertz CT molecular complexity index is 467. The fraction of sp³-hybridized carbons (Fsp3) is 0.526. The van der Waals surface area contributed by atoms with Gasteiger partial charge in [0.2, 0.25) is 0 Å². The van der Waals surface area contributed by atoms with Gasteiger partial charge in [0.15, 0.2) is 0 Å². The smallest absolute Gasteiger partial charge is 0.252 e. The zero-order valence-corrected chi connectivity index (χ0v) is 13.5. The Kier molecular flexibility index (Phi) is 8.28. The second-order valence-electron chi connectivity index (χ2n) is 5.80. The Labute approximate surface area is 129 Å². The molecule has 0 bridgehead atoms. The molecule has 0 aliphatic rings. The molecule has 0 spiro atoms. The third-order valence-electron chi connectivity index (χ3n) is 3.23. The molecular formula is C19H27NO. The van der Waals surface area contributed by atoms with Crippen LogP contribution in [0.5, 0.6) is 0 Å². The van der Waals surface area contributed by atoms with Crippen LogP contribution in [0.4, 0.5) is 0 Å². The first-order valence-corrected chi connectivity index (χ1v) is 7.97. The average molecular weight is 285 g/mol. The van der Waals surface area contributed by atoms with Crippen molar-refractivity contribution in [2.24, 2.45) is 5.92 Å². The highest BCUT2D eigenvalue weighted by atomic mass is 16.1. The third-order valence-corrected chi connectivity index (χ3v) is 3.23. The Morgan fingerprint density at radius 3 is 2.52 bits per heavy atom. The summed E-state index contributed by atoms with van der Waals surface area (Å²) in [5, 5.41) is 3.04. The fourth-order valence-electron chi connectivity index (χ4n) is 2.12. The molecule has 0 radical (unpaired) electrons. The summed E-state index contributed by atoms with van der Waals surface area (Å²) in [4.78, 5) is 12.2. The number of benzene rings is 1. The lowest BCUT2D eigenvalue weighted by molar-refractivity contribution is 0.0942. The Morgan fingerprint density at radius 2 is 1.90 bits per heavy atom. The number of hydrogen-bond acceptors (Lipinski definition) is 1. The summed E-state index contributed by atoms with van der Waals surface area (Å²) >= 11 is 0. The van der Waals surface area contributed by atoms with E-state index in [0.717, 1.165) is 19.3 Å². The molecule has 1 aromatic rings. The summed E-state index contributed by atoms with van der Waals surface area (Å²) in [5.74, 6) is 6.92. The molecule has 1 N–H and O–H groups in total. The summed E-state index contributed by atoms with van der Waals surface area (Å²) < 4.78 is 0. The van der Waals surface area contributed by atoms with Crippen LogP contribution in [0.2, 0.25) is 0 Å². The van der Waals surface area contributed by atoms with Crippen LogP contribution in [0.1, 0.15) is 63.2 Å². The van der Waals surface area contributed by atoms with Gasteiger partial charge in [-0.15, -0.1) is 5.92 Å². The second kappa shape index (κ2) is 10.0. The molecule has 1 atom stereocenters. The minimum absolute atomic E-state index is 0.0379. The van der Waals surface area contributed by atoms with Crippen LogP contribution < -0.4 is 5.32 Å². The largest absolute Gasteiger partial charge is 0.338 e. The normalized spacial score (nSPS) is 11.6.